The number of carbonyl (C=O) groups excluding carboxylic acids is 1. The molecule has 0 fully saturated rings. The molecule has 2 aromatic carbocycles. The van der Waals surface area contributed by atoms with E-state index in [1.165, 1.54) is 4.68 Å². The lowest BCUT2D eigenvalue weighted by atomic mass is 10.1. The van der Waals surface area contributed by atoms with Gasteiger partial charge >= 0.3 is 0 Å². The van der Waals surface area contributed by atoms with Crippen LogP contribution >= 0.6 is 0 Å². The van der Waals surface area contributed by atoms with Crippen molar-refractivity contribution in [2.45, 2.75) is 13.8 Å². The number of aryl methyl sites for hydroxylation is 1. The lowest BCUT2D eigenvalue weighted by Crippen LogP contribution is -2.23. The summed E-state index contributed by atoms with van der Waals surface area (Å²) in [7, 11) is 1.78. The fourth-order valence-electron chi connectivity index (χ4n) is 3.32. The van der Waals surface area contributed by atoms with Crippen LogP contribution in [-0.2, 0) is 7.05 Å². The number of nitrogens with one attached hydrogen (secondary N) is 1. The van der Waals surface area contributed by atoms with Gasteiger partial charge in [0.1, 0.15) is 22.7 Å². The zero-order chi connectivity index (χ0) is 20.5. The first-order valence-corrected chi connectivity index (χ1v) is 9.16. The molecule has 29 heavy (non-hydrogen) atoms. The molecular weight excluding hydrogens is 368 g/mol. The molecule has 0 aliphatic heterocycles. The monoisotopic (exact) mass is 388 g/mol. The third-order valence-electron chi connectivity index (χ3n) is 4.93. The Morgan fingerprint density at radius 3 is 2.28 bits per heavy atom. The predicted octanol–water partition coefficient (Wildman–Crippen LogP) is 3.70. The van der Waals surface area contributed by atoms with Crippen molar-refractivity contribution in [3.8, 4) is 16.9 Å². The normalized spacial score (nSPS) is 10.9. The molecule has 2 heterocycles. The van der Waals surface area contributed by atoms with Gasteiger partial charge in [-0.2, -0.15) is 0 Å². The molecule has 0 saturated heterocycles. The third kappa shape index (κ3) is 3.16. The van der Waals surface area contributed by atoms with E-state index in [4.69, 9.17) is 4.52 Å². The van der Waals surface area contributed by atoms with Gasteiger partial charge in [-0.1, -0.05) is 53.7 Å². The third-order valence-corrected chi connectivity index (χ3v) is 4.93. The Morgan fingerprint density at radius 1 is 1.00 bits per heavy atom. The van der Waals surface area contributed by atoms with Crippen LogP contribution in [-0.4, -0.2) is 20.4 Å². The van der Waals surface area contributed by atoms with Crippen LogP contribution in [0, 0.1) is 13.8 Å². The summed E-state index contributed by atoms with van der Waals surface area (Å²) in [5, 5.41) is 6.81. The van der Waals surface area contributed by atoms with Crippen molar-refractivity contribution in [3.63, 3.8) is 0 Å². The predicted molar refractivity (Wildman–Crippen MR) is 110 cm³/mol. The zero-order valence-corrected chi connectivity index (χ0v) is 16.3. The van der Waals surface area contributed by atoms with Crippen molar-refractivity contribution in [1.29, 1.82) is 0 Å². The zero-order valence-electron chi connectivity index (χ0n) is 16.3. The number of carbonyl (C=O) groups is 1. The summed E-state index contributed by atoms with van der Waals surface area (Å²) in [4.78, 5) is 26.1. The summed E-state index contributed by atoms with van der Waals surface area (Å²) >= 11 is 0. The number of hydrogen-bond donors (Lipinski definition) is 1. The second kappa shape index (κ2) is 7.27. The van der Waals surface area contributed by atoms with Crippen molar-refractivity contribution in [2.75, 3.05) is 5.32 Å². The standard InChI is InChI=1S/C22H20N4O3/c1-14-19(22(28)26(25(14)3)17-12-8-5-9-13-17)23-21(27)18-15(2)29-24-20(18)16-10-6-4-7-11-16/h4-13H,1-3H3,(H,23,27). The first kappa shape index (κ1) is 18.5. The van der Waals surface area contributed by atoms with Crippen LogP contribution < -0.4 is 10.9 Å². The topological polar surface area (TPSA) is 82.1 Å². The second-order valence-electron chi connectivity index (χ2n) is 6.72. The number of para-hydroxylation sites is 1. The maximum Gasteiger partial charge on any atom is 0.295 e. The van der Waals surface area contributed by atoms with Crippen LogP contribution in [0.3, 0.4) is 0 Å². The van der Waals surface area contributed by atoms with Gasteiger partial charge in [0.2, 0.25) is 0 Å². The van der Waals surface area contributed by atoms with Crippen molar-refractivity contribution < 1.29 is 9.32 Å². The molecule has 0 radical (unpaired) electrons. The van der Waals surface area contributed by atoms with Crippen molar-refractivity contribution in [3.05, 3.63) is 88.0 Å². The lowest BCUT2D eigenvalue weighted by molar-refractivity contribution is 0.102. The van der Waals surface area contributed by atoms with Gasteiger partial charge in [-0.15, -0.1) is 0 Å². The first-order valence-electron chi connectivity index (χ1n) is 9.16. The smallest absolute Gasteiger partial charge is 0.295 e. The summed E-state index contributed by atoms with van der Waals surface area (Å²) in [5.41, 5.74) is 2.79. The van der Waals surface area contributed by atoms with Crippen LogP contribution in [0.5, 0.6) is 0 Å². The van der Waals surface area contributed by atoms with Crippen molar-refractivity contribution >= 4 is 11.6 Å². The van der Waals surface area contributed by atoms with Gasteiger partial charge in [-0.3, -0.25) is 14.3 Å². The highest BCUT2D eigenvalue weighted by Gasteiger charge is 2.25. The van der Waals surface area contributed by atoms with Crippen LogP contribution in [0.1, 0.15) is 21.8 Å². The highest BCUT2D eigenvalue weighted by atomic mass is 16.5. The highest BCUT2D eigenvalue weighted by molar-refractivity contribution is 6.09. The van der Waals surface area contributed by atoms with Gasteiger partial charge in [0.25, 0.3) is 11.5 Å². The number of hydrogen-bond acceptors (Lipinski definition) is 4. The molecule has 4 rings (SSSR count). The molecular formula is C22H20N4O3. The van der Waals surface area contributed by atoms with Gasteiger partial charge in [0, 0.05) is 12.6 Å². The number of benzene rings is 2. The van der Waals surface area contributed by atoms with E-state index in [1.807, 2.05) is 60.7 Å². The SMILES string of the molecule is Cc1onc(-c2ccccc2)c1C(=O)Nc1c(C)n(C)n(-c2ccccc2)c1=O. The molecule has 0 atom stereocenters. The van der Waals surface area contributed by atoms with E-state index < -0.39 is 5.91 Å². The van der Waals surface area contributed by atoms with Crippen LogP contribution in [0.15, 0.2) is 70.0 Å². The highest BCUT2D eigenvalue weighted by Crippen LogP contribution is 2.26. The first-order chi connectivity index (χ1) is 14.0. The molecule has 0 bridgehead atoms. The number of aromatic nitrogens is 3. The molecule has 0 aliphatic carbocycles. The molecule has 4 aromatic rings. The van der Waals surface area contributed by atoms with E-state index in [-0.39, 0.29) is 11.2 Å². The number of rotatable bonds is 4. The van der Waals surface area contributed by atoms with E-state index in [1.54, 1.807) is 25.6 Å². The summed E-state index contributed by atoms with van der Waals surface area (Å²) in [6, 6.07) is 18.6. The summed E-state index contributed by atoms with van der Waals surface area (Å²) in [6.07, 6.45) is 0. The summed E-state index contributed by atoms with van der Waals surface area (Å²) in [5.74, 6) is -0.0491. The van der Waals surface area contributed by atoms with Crippen LogP contribution in [0.4, 0.5) is 5.69 Å². The van der Waals surface area contributed by atoms with Crippen LogP contribution in [0.25, 0.3) is 16.9 Å². The second-order valence-corrected chi connectivity index (χ2v) is 6.72. The van der Waals surface area contributed by atoms with Gasteiger partial charge in [-0.25, -0.2) is 4.68 Å². The average molecular weight is 388 g/mol. The van der Waals surface area contributed by atoms with E-state index in [0.717, 1.165) is 11.3 Å². The quantitative estimate of drug-likeness (QED) is 0.578. The molecule has 0 unspecified atom stereocenters. The average Bonchev–Trinajstić information content (AvgIpc) is 3.22. The number of amides is 1. The van der Waals surface area contributed by atoms with Gasteiger partial charge < -0.3 is 9.84 Å². The van der Waals surface area contributed by atoms with E-state index in [9.17, 15) is 9.59 Å². The van der Waals surface area contributed by atoms with Gasteiger partial charge in [-0.05, 0) is 26.0 Å². The summed E-state index contributed by atoms with van der Waals surface area (Å²) in [6.45, 7) is 3.46. The van der Waals surface area contributed by atoms with Gasteiger partial charge in [0.15, 0.2) is 0 Å². The Morgan fingerprint density at radius 2 is 1.62 bits per heavy atom. The fourth-order valence-corrected chi connectivity index (χ4v) is 3.32. The molecule has 7 heteroatoms. The molecule has 1 amide bonds. The largest absolute Gasteiger partial charge is 0.360 e. The number of nitrogens with zero attached hydrogens (tertiary/aromatic N) is 3. The van der Waals surface area contributed by atoms with Crippen molar-refractivity contribution in [1.82, 2.24) is 14.5 Å². The van der Waals surface area contributed by atoms with E-state index in [2.05, 4.69) is 10.5 Å². The van der Waals surface area contributed by atoms with Crippen molar-refractivity contribution in [2.24, 2.45) is 7.05 Å². The Kier molecular flexibility index (Phi) is 4.64. The fraction of sp³-hybridized carbons (Fsp3) is 0.136. The van der Waals surface area contributed by atoms with E-state index >= 15 is 0 Å². The lowest BCUT2D eigenvalue weighted by Gasteiger charge is -2.07. The maximum atomic E-state index is 13.1. The van der Waals surface area contributed by atoms with Gasteiger partial charge in [0.05, 0.1) is 11.4 Å². The molecule has 0 aliphatic rings. The minimum atomic E-state index is -0.436. The Labute approximate surface area is 167 Å². The molecule has 1 N–H and O–H groups in total. The minimum Gasteiger partial charge on any atom is -0.360 e. The maximum absolute atomic E-state index is 13.1. The Hall–Kier alpha value is -3.87. The van der Waals surface area contributed by atoms with E-state index in [0.29, 0.717) is 22.7 Å². The Bertz CT molecular complexity index is 1230. The molecule has 0 spiro atoms. The van der Waals surface area contributed by atoms with Crippen LogP contribution in [0.2, 0.25) is 0 Å². The molecule has 2 aromatic heterocycles. The minimum absolute atomic E-state index is 0.223. The Balaban J connectivity index is 1.75. The summed E-state index contributed by atoms with van der Waals surface area (Å²) < 4.78 is 8.50. The number of anilines is 1. The molecule has 146 valence electrons. The molecule has 0 saturated carbocycles. The molecule has 7 nitrogen and oxygen atoms in total.